The molecule has 0 aromatic heterocycles. The number of benzene rings is 1. The Balaban J connectivity index is 1.51. The SMILES string of the molecule is O=C(Nc1ccc(NC(=O)N2CCCCCC2)cc1)C1CC(O)CN1. The summed E-state index contributed by atoms with van der Waals surface area (Å²) in [6.07, 6.45) is 4.45. The maximum atomic E-state index is 12.3. The van der Waals surface area contributed by atoms with Crippen LogP contribution < -0.4 is 16.0 Å². The lowest BCUT2D eigenvalue weighted by Crippen LogP contribution is -2.35. The van der Waals surface area contributed by atoms with Crippen LogP contribution in [-0.4, -0.2) is 53.7 Å². The third kappa shape index (κ3) is 4.93. The van der Waals surface area contributed by atoms with Crippen molar-refractivity contribution in [2.45, 2.75) is 44.2 Å². The zero-order valence-electron chi connectivity index (χ0n) is 14.3. The number of hydrogen-bond acceptors (Lipinski definition) is 4. The molecule has 1 aromatic carbocycles. The number of hydrogen-bond donors (Lipinski definition) is 4. The number of β-amino-alcohol motifs (C(OH)–C–C–N with tert-alkyl or cyclic N) is 1. The Morgan fingerprint density at radius 2 is 1.60 bits per heavy atom. The molecule has 0 saturated carbocycles. The van der Waals surface area contributed by atoms with Crippen LogP contribution in [0.5, 0.6) is 0 Å². The van der Waals surface area contributed by atoms with Crippen molar-refractivity contribution in [1.82, 2.24) is 10.2 Å². The highest BCUT2D eigenvalue weighted by molar-refractivity contribution is 5.95. The highest BCUT2D eigenvalue weighted by atomic mass is 16.3. The molecule has 7 heteroatoms. The van der Waals surface area contributed by atoms with E-state index in [9.17, 15) is 14.7 Å². The van der Waals surface area contributed by atoms with Gasteiger partial charge in [0.05, 0.1) is 12.1 Å². The summed E-state index contributed by atoms with van der Waals surface area (Å²) < 4.78 is 0. The molecule has 2 saturated heterocycles. The first-order valence-corrected chi connectivity index (χ1v) is 9.00. The van der Waals surface area contributed by atoms with Crippen molar-refractivity contribution < 1.29 is 14.7 Å². The van der Waals surface area contributed by atoms with Gasteiger partial charge in [-0.25, -0.2) is 4.79 Å². The molecule has 2 atom stereocenters. The van der Waals surface area contributed by atoms with Crippen LogP contribution in [0.2, 0.25) is 0 Å². The minimum absolute atomic E-state index is 0.0668. The monoisotopic (exact) mass is 346 g/mol. The van der Waals surface area contributed by atoms with Gasteiger partial charge in [0.2, 0.25) is 5.91 Å². The summed E-state index contributed by atoms with van der Waals surface area (Å²) in [5.74, 6) is -0.155. The molecule has 0 radical (unpaired) electrons. The number of anilines is 2. The van der Waals surface area contributed by atoms with Crippen LogP contribution in [-0.2, 0) is 4.79 Å². The topological polar surface area (TPSA) is 93.7 Å². The van der Waals surface area contributed by atoms with Crippen molar-refractivity contribution in [3.05, 3.63) is 24.3 Å². The number of likely N-dealkylation sites (tertiary alicyclic amines) is 1. The smallest absolute Gasteiger partial charge is 0.321 e. The molecule has 0 aliphatic carbocycles. The summed E-state index contributed by atoms with van der Waals surface area (Å²) in [6.45, 7) is 2.06. The standard InChI is InChI=1S/C18H26N4O3/c23-15-11-16(19-12-15)17(24)20-13-5-7-14(8-6-13)21-18(25)22-9-3-1-2-4-10-22/h5-8,15-16,19,23H,1-4,9-12H2,(H,20,24)(H,21,25). The minimum Gasteiger partial charge on any atom is -0.392 e. The number of amides is 3. The summed E-state index contributed by atoms with van der Waals surface area (Å²) in [5, 5.41) is 18.2. The number of aliphatic hydroxyl groups excluding tert-OH is 1. The number of nitrogens with one attached hydrogen (secondary N) is 3. The van der Waals surface area contributed by atoms with Crippen LogP contribution in [0, 0.1) is 0 Å². The third-order valence-electron chi connectivity index (χ3n) is 4.72. The van der Waals surface area contributed by atoms with Gasteiger partial charge in [0.1, 0.15) is 0 Å². The lowest BCUT2D eigenvalue weighted by Gasteiger charge is -2.20. The average molecular weight is 346 g/mol. The Bertz CT molecular complexity index is 597. The summed E-state index contributed by atoms with van der Waals surface area (Å²) in [4.78, 5) is 26.3. The van der Waals surface area contributed by atoms with Crippen molar-refractivity contribution in [2.24, 2.45) is 0 Å². The van der Waals surface area contributed by atoms with Crippen LogP contribution in [0.15, 0.2) is 24.3 Å². The zero-order chi connectivity index (χ0) is 17.6. The second kappa shape index (κ2) is 8.31. The van der Waals surface area contributed by atoms with Gasteiger partial charge in [-0.3, -0.25) is 4.79 Å². The Labute approximate surface area is 147 Å². The van der Waals surface area contributed by atoms with Gasteiger partial charge in [-0.15, -0.1) is 0 Å². The quantitative estimate of drug-likeness (QED) is 0.671. The van der Waals surface area contributed by atoms with E-state index in [1.54, 1.807) is 24.3 Å². The molecule has 1 aromatic rings. The predicted molar refractivity (Wildman–Crippen MR) is 96.5 cm³/mol. The molecule has 2 aliphatic rings. The van der Waals surface area contributed by atoms with E-state index in [4.69, 9.17) is 0 Å². The van der Waals surface area contributed by atoms with Crippen LogP contribution in [0.4, 0.5) is 16.2 Å². The number of urea groups is 1. The Kier molecular flexibility index (Phi) is 5.88. The molecule has 2 fully saturated rings. The molecule has 0 spiro atoms. The maximum absolute atomic E-state index is 12.3. The van der Waals surface area contributed by atoms with E-state index < -0.39 is 6.10 Å². The molecular weight excluding hydrogens is 320 g/mol. The molecule has 3 amide bonds. The molecule has 0 bridgehead atoms. The second-order valence-corrected chi connectivity index (χ2v) is 6.75. The first kappa shape index (κ1) is 17.7. The van der Waals surface area contributed by atoms with Gasteiger partial charge < -0.3 is 26.0 Å². The highest BCUT2D eigenvalue weighted by Crippen LogP contribution is 2.17. The molecule has 3 rings (SSSR count). The Morgan fingerprint density at radius 1 is 1.00 bits per heavy atom. The van der Waals surface area contributed by atoms with Gasteiger partial charge in [0.25, 0.3) is 0 Å². The predicted octanol–water partition coefficient (Wildman–Crippen LogP) is 1.76. The Hall–Kier alpha value is -2.12. The van der Waals surface area contributed by atoms with Crippen molar-refractivity contribution in [1.29, 1.82) is 0 Å². The second-order valence-electron chi connectivity index (χ2n) is 6.75. The van der Waals surface area contributed by atoms with Crippen LogP contribution in [0.25, 0.3) is 0 Å². The van der Waals surface area contributed by atoms with Crippen molar-refractivity contribution in [3.63, 3.8) is 0 Å². The Morgan fingerprint density at radius 3 is 2.16 bits per heavy atom. The highest BCUT2D eigenvalue weighted by Gasteiger charge is 2.27. The van der Waals surface area contributed by atoms with E-state index in [0.29, 0.717) is 24.3 Å². The molecular formula is C18H26N4O3. The maximum Gasteiger partial charge on any atom is 0.321 e. The van der Waals surface area contributed by atoms with E-state index >= 15 is 0 Å². The normalized spacial score (nSPS) is 23.8. The molecule has 25 heavy (non-hydrogen) atoms. The first-order chi connectivity index (χ1) is 12.1. The fourth-order valence-corrected chi connectivity index (χ4v) is 3.26. The summed E-state index contributed by atoms with van der Waals surface area (Å²) in [7, 11) is 0. The number of aliphatic hydroxyl groups is 1. The molecule has 7 nitrogen and oxygen atoms in total. The van der Waals surface area contributed by atoms with E-state index in [1.165, 1.54) is 12.8 Å². The minimum atomic E-state index is -0.465. The number of carbonyl (C=O) groups is 2. The fraction of sp³-hybridized carbons (Fsp3) is 0.556. The summed E-state index contributed by atoms with van der Waals surface area (Å²) in [6, 6.07) is 6.66. The van der Waals surface area contributed by atoms with Crippen molar-refractivity contribution >= 4 is 23.3 Å². The third-order valence-corrected chi connectivity index (χ3v) is 4.72. The summed E-state index contributed by atoms with van der Waals surface area (Å²) in [5.41, 5.74) is 1.38. The number of rotatable bonds is 3. The lowest BCUT2D eigenvalue weighted by molar-refractivity contribution is -0.117. The average Bonchev–Trinajstić information content (AvgIpc) is 2.87. The number of nitrogens with zero attached hydrogens (tertiary/aromatic N) is 1. The van der Waals surface area contributed by atoms with Crippen molar-refractivity contribution in [3.8, 4) is 0 Å². The largest absolute Gasteiger partial charge is 0.392 e. The van der Waals surface area contributed by atoms with Gasteiger partial charge in [-0.1, -0.05) is 12.8 Å². The first-order valence-electron chi connectivity index (χ1n) is 9.00. The van der Waals surface area contributed by atoms with Gasteiger partial charge in [0.15, 0.2) is 0 Å². The van der Waals surface area contributed by atoms with Gasteiger partial charge in [-0.05, 0) is 43.5 Å². The van der Waals surface area contributed by atoms with Crippen molar-refractivity contribution in [2.75, 3.05) is 30.3 Å². The molecule has 2 heterocycles. The fourth-order valence-electron chi connectivity index (χ4n) is 3.26. The van der Waals surface area contributed by atoms with Crippen LogP contribution in [0.3, 0.4) is 0 Å². The summed E-state index contributed by atoms with van der Waals surface area (Å²) >= 11 is 0. The van der Waals surface area contributed by atoms with E-state index in [0.717, 1.165) is 25.9 Å². The zero-order valence-corrected chi connectivity index (χ0v) is 14.3. The molecule has 136 valence electrons. The van der Waals surface area contributed by atoms with Gasteiger partial charge >= 0.3 is 6.03 Å². The van der Waals surface area contributed by atoms with E-state index in [-0.39, 0.29) is 18.0 Å². The number of carbonyl (C=O) groups excluding carboxylic acids is 2. The molecule has 2 unspecified atom stereocenters. The van der Waals surface area contributed by atoms with Crippen LogP contribution in [0.1, 0.15) is 32.1 Å². The van der Waals surface area contributed by atoms with Gasteiger partial charge in [-0.2, -0.15) is 0 Å². The molecule has 4 N–H and O–H groups in total. The van der Waals surface area contributed by atoms with E-state index in [1.807, 2.05) is 4.90 Å². The van der Waals surface area contributed by atoms with E-state index in [2.05, 4.69) is 16.0 Å². The lowest BCUT2D eigenvalue weighted by atomic mass is 10.2. The van der Waals surface area contributed by atoms with Gasteiger partial charge in [0, 0.05) is 31.0 Å². The van der Waals surface area contributed by atoms with Crippen LogP contribution >= 0.6 is 0 Å². The molecule has 2 aliphatic heterocycles.